The van der Waals surface area contributed by atoms with E-state index in [0.29, 0.717) is 76.5 Å². The molecule has 19 nitrogen and oxygen atoms in total. The fraction of sp³-hybridized carbons (Fsp3) is 0.292. The molecule has 4 N–H and O–H groups in total. The molecule has 0 aliphatic carbocycles. The summed E-state index contributed by atoms with van der Waals surface area (Å²) < 4.78 is 39.0. The third-order valence-electron chi connectivity index (χ3n) is 15.4. The van der Waals surface area contributed by atoms with Crippen LogP contribution < -0.4 is 40.9 Å². The monoisotopic (exact) mass is 1170 g/mol. The van der Waals surface area contributed by atoms with Crippen molar-refractivity contribution in [1.82, 2.24) is 30.5 Å². The fourth-order valence-corrected chi connectivity index (χ4v) is 11.3. The topological polar surface area (TPSA) is 213 Å². The molecule has 0 saturated heterocycles. The second-order valence-electron chi connectivity index (χ2n) is 21.5. The molecule has 0 radical (unpaired) electrons. The average Bonchev–Trinajstić information content (AvgIpc) is 3.40. The van der Waals surface area contributed by atoms with Crippen LogP contribution in [0, 0.1) is 27.7 Å². The Morgan fingerprint density at radius 2 is 0.976 bits per heavy atom. The maximum absolute atomic E-state index is 13.5. The highest BCUT2D eigenvalue weighted by Gasteiger charge is 2.27. The van der Waals surface area contributed by atoms with E-state index in [0.717, 1.165) is 111 Å². The maximum atomic E-state index is 13.5. The van der Waals surface area contributed by atoms with Gasteiger partial charge in [0.2, 0.25) is 11.8 Å². The van der Waals surface area contributed by atoms with Crippen LogP contribution in [0.3, 0.4) is 0 Å². The summed E-state index contributed by atoms with van der Waals surface area (Å²) in [5.41, 5.74) is 19.3. The minimum Gasteiger partial charge on any atom is -0.493 e. The maximum Gasteiger partial charge on any atom is 0.369 e. The Hall–Kier alpha value is -9.03. The van der Waals surface area contributed by atoms with E-state index in [2.05, 4.69) is 69.9 Å². The number of nitrogens with one attached hydrogen (secondary N) is 4. The number of rotatable bonds is 22. The van der Waals surface area contributed by atoms with Crippen molar-refractivity contribution < 1.29 is 42.5 Å². The highest BCUT2D eigenvalue weighted by Crippen LogP contribution is 2.42. The first-order valence-corrected chi connectivity index (χ1v) is 30.7. The number of amides is 6. The zero-order chi connectivity index (χ0) is 59.5. The summed E-state index contributed by atoms with van der Waals surface area (Å²) >= 11 is 0. The number of hydrogen-bond acceptors (Lipinski definition) is 11. The lowest BCUT2D eigenvalue weighted by molar-refractivity contribution is -0.119. The average molecular weight is 1170 g/mol. The van der Waals surface area contributed by atoms with Crippen LogP contribution in [0.25, 0.3) is 22.3 Å². The largest absolute Gasteiger partial charge is 0.493 e. The smallest absolute Gasteiger partial charge is 0.369 e. The van der Waals surface area contributed by atoms with E-state index in [-0.39, 0.29) is 11.8 Å². The molecule has 8 aromatic rings. The Morgan fingerprint density at radius 3 is 1.42 bits per heavy atom. The van der Waals surface area contributed by atoms with Crippen LogP contribution in [-0.4, -0.2) is 76.4 Å². The SMILES string of the molecule is Cc1cccc(OCCCC(=O)N2CCCc3c(-c4cnn(Cc5cccc(NC(=O)NOP(C)(=O)ONC(=O)Nc6cccc(Cn7cc(-c8cccc9c8CCCN9C(=O)CCCOc8cccc(C)c8C)cn7)c6)c5)c4)cccc32)c1C. The number of carbonyl (C=O) groups excluding carboxylic acids is 4. The van der Waals surface area contributed by atoms with E-state index >= 15 is 0 Å². The second kappa shape index (κ2) is 27.1. The Labute approximate surface area is 495 Å². The molecule has 0 fully saturated rings. The van der Waals surface area contributed by atoms with Crippen molar-refractivity contribution in [2.75, 3.05) is 53.4 Å². The lowest BCUT2D eigenvalue weighted by atomic mass is 9.93. The summed E-state index contributed by atoms with van der Waals surface area (Å²) in [5, 5.41) is 14.6. The Morgan fingerprint density at radius 1 is 0.553 bits per heavy atom. The molecule has 2 aromatic heterocycles. The number of anilines is 4. The van der Waals surface area contributed by atoms with Crippen molar-refractivity contribution in [1.29, 1.82) is 0 Å². The first-order chi connectivity index (χ1) is 41.1. The Bertz CT molecular complexity index is 3550. The lowest BCUT2D eigenvalue weighted by Crippen LogP contribution is -2.35. The minimum atomic E-state index is -4.05. The van der Waals surface area contributed by atoms with Crippen molar-refractivity contribution in [2.45, 2.75) is 92.2 Å². The molecule has 2 aliphatic heterocycles. The lowest BCUT2D eigenvalue weighted by Gasteiger charge is -2.31. The third kappa shape index (κ3) is 15.0. The van der Waals surface area contributed by atoms with E-state index in [1.54, 1.807) is 36.4 Å². The number of nitrogens with zero attached hydrogens (tertiary/aromatic N) is 6. The molecule has 85 heavy (non-hydrogen) atoms. The molecule has 440 valence electrons. The van der Waals surface area contributed by atoms with Crippen LogP contribution in [0.2, 0.25) is 0 Å². The van der Waals surface area contributed by atoms with Crippen LogP contribution in [-0.2, 0) is 49.3 Å². The molecule has 10 rings (SSSR count). The summed E-state index contributed by atoms with van der Waals surface area (Å²) in [7, 11) is -4.05. The Balaban J connectivity index is 0.657. The van der Waals surface area contributed by atoms with Gasteiger partial charge in [-0.3, -0.25) is 23.5 Å². The summed E-state index contributed by atoms with van der Waals surface area (Å²) in [5.74, 6) is 1.86. The molecule has 0 spiro atoms. The molecule has 6 amide bonds. The van der Waals surface area contributed by atoms with Gasteiger partial charge >= 0.3 is 19.7 Å². The number of urea groups is 2. The normalized spacial score (nSPS) is 12.9. The fourth-order valence-electron chi connectivity index (χ4n) is 10.8. The first-order valence-electron chi connectivity index (χ1n) is 28.7. The number of ether oxygens (including phenoxy) is 2. The molecular formula is C65H71N10O9P. The van der Waals surface area contributed by atoms with Gasteiger partial charge in [-0.25, -0.2) is 20.5 Å². The number of fused-ring (bicyclic) bond motifs is 2. The molecule has 6 aromatic carbocycles. The summed E-state index contributed by atoms with van der Waals surface area (Å²) in [6.07, 6.45) is 13.0. The molecule has 4 heterocycles. The van der Waals surface area contributed by atoms with E-state index in [1.165, 1.54) is 11.1 Å². The van der Waals surface area contributed by atoms with Gasteiger partial charge in [0.1, 0.15) is 11.5 Å². The third-order valence-corrected chi connectivity index (χ3v) is 16.2. The van der Waals surface area contributed by atoms with Crippen molar-refractivity contribution in [2.24, 2.45) is 0 Å². The van der Waals surface area contributed by atoms with Crippen LogP contribution in [0.4, 0.5) is 32.3 Å². The van der Waals surface area contributed by atoms with Crippen molar-refractivity contribution in [3.8, 4) is 33.8 Å². The van der Waals surface area contributed by atoms with E-state index < -0.39 is 19.7 Å². The predicted octanol–water partition coefficient (Wildman–Crippen LogP) is 12.6. The van der Waals surface area contributed by atoms with Crippen LogP contribution in [0.1, 0.15) is 83.0 Å². The van der Waals surface area contributed by atoms with Gasteiger partial charge in [-0.05, 0) is 170 Å². The van der Waals surface area contributed by atoms with Gasteiger partial charge in [0.15, 0.2) is 0 Å². The zero-order valence-corrected chi connectivity index (χ0v) is 49.5. The summed E-state index contributed by atoms with van der Waals surface area (Å²) in [6.45, 7) is 12.3. The molecule has 20 heteroatoms. The van der Waals surface area contributed by atoms with Gasteiger partial charge in [0.25, 0.3) is 0 Å². The number of carbonyl (C=O) groups is 4. The summed E-state index contributed by atoms with van der Waals surface area (Å²) in [4.78, 5) is 56.7. The molecule has 0 atom stereocenters. The van der Waals surface area contributed by atoms with E-state index in [4.69, 9.17) is 18.7 Å². The predicted molar refractivity (Wildman–Crippen MR) is 329 cm³/mol. The van der Waals surface area contributed by atoms with Gasteiger partial charge in [-0.2, -0.15) is 19.4 Å². The van der Waals surface area contributed by atoms with Crippen molar-refractivity contribution in [3.05, 3.63) is 191 Å². The second-order valence-corrected chi connectivity index (χ2v) is 23.4. The highest BCUT2D eigenvalue weighted by atomic mass is 31.2. The van der Waals surface area contributed by atoms with E-state index in [1.807, 2.05) is 118 Å². The Kier molecular flexibility index (Phi) is 18.9. The van der Waals surface area contributed by atoms with E-state index in [9.17, 15) is 23.7 Å². The van der Waals surface area contributed by atoms with Crippen LogP contribution in [0.15, 0.2) is 146 Å². The number of aromatic nitrogens is 4. The van der Waals surface area contributed by atoms with Gasteiger partial charge < -0.3 is 29.9 Å². The molecule has 0 bridgehead atoms. The van der Waals surface area contributed by atoms with Crippen LogP contribution >= 0.6 is 7.60 Å². The van der Waals surface area contributed by atoms with Gasteiger partial charge in [0.05, 0.1) is 38.7 Å². The van der Waals surface area contributed by atoms with Gasteiger partial charge in [0, 0.05) is 78.9 Å². The molecule has 0 unspecified atom stereocenters. The summed E-state index contributed by atoms with van der Waals surface area (Å²) in [6, 6.07) is 36.8. The standard InChI is InChI=1S/C65H71N10O9P/c1-44-16-6-28-60(46(44)3)81-34-14-30-62(76)74-32-12-24-56-54(22-10-26-58(56)74)50-38-66-72(42-50)40-48-18-8-20-52(36-48)68-64(78)70-83-85(5,80)84-71-65(79)69-53-21-9-19-49(37-53)41-73-43-51(39-67-73)55-23-11-27-59-57(55)25-13-33-75(59)63(77)31-15-35-82-61-29-7-17-45(2)47(61)4/h6-11,16-23,26-29,36-39,42-43H,12-15,24-25,30-35,40-41H2,1-5H3,(H2,68,70,78)(H2,69,71,79). The minimum absolute atomic E-state index is 0.0779. The molecule has 0 saturated carbocycles. The van der Waals surface area contributed by atoms with Gasteiger partial charge in [-0.15, -0.1) is 0 Å². The molecular weight excluding hydrogens is 1100 g/mol. The zero-order valence-electron chi connectivity index (χ0n) is 48.6. The van der Waals surface area contributed by atoms with Crippen molar-refractivity contribution >= 4 is 54.2 Å². The van der Waals surface area contributed by atoms with Crippen molar-refractivity contribution in [3.63, 3.8) is 0 Å². The number of hydroxylamine groups is 2. The number of hydrogen-bond donors (Lipinski definition) is 4. The highest BCUT2D eigenvalue weighted by molar-refractivity contribution is 7.52. The quantitative estimate of drug-likeness (QED) is 0.0285. The first kappa shape index (κ1) is 59.1. The molecule has 2 aliphatic rings. The number of benzene rings is 6. The number of aryl methyl sites for hydroxylation is 2. The van der Waals surface area contributed by atoms with Crippen LogP contribution in [0.5, 0.6) is 11.5 Å². The van der Waals surface area contributed by atoms with Gasteiger partial charge in [-0.1, -0.05) is 72.8 Å².